The summed E-state index contributed by atoms with van der Waals surface area (Å²) in [5.41, 5.74) is -0.979. The molecule has 0 aliphatic carbocycles. The van der Waals surface area contributed by atoms with Gasteiger partial charge in [0, 0.05) is 54.9 Å². The van der Waals surface area contributed by atoms with Crippen molar-refractivity contribution in [2.75, 3.05) is 32.8 Å². The first kappa shape index (κ1) is 19.0. The summed E-state index contributed by atoms with van der Waals surface area (Å²) in [6.07, 6.45) is 3.20. The van der Waals surface area contributed by atoms with Crippen molar-refractivity contribution < 1.29 is 9.90 Å². The van der Waals surface area contributed by atoms with Gasteiger partial charge in [0.05, 0.1) is 13.2 Å². The molecule has 4 rings (SSSR count). The van der Waals surface area contributed by atoms with Crippen molar-refractivity contribution in [2.24, 2.45) is 11.3 Å². The number of thiazole rings is 1. The minimum atomic E-state index is -0.588. The molecule has 2 saturated heterocycles. The molecule has 1 amide bonds. The molecular weight excluding hydrogens is 382 g/mol. The fourth-order valence-corrected chi connectivity index (χ4v) is 4.99. The second-order valence-corrected chi connectivity index (χ2v) is 8.77. The van der Waals surface area contributed by atoms with Gasteiger partial charge in [-0.3, -0.25) is 24.0 Å². The molecule has 0 bridgehead atoms. The molecule has 4 heterocycles. The zero-order valence-corrected chi connectivity index (χ0v) is 16.4. The SMILES string of the molecule is Cc1cn(CC(=O)N2CC3CN(Cc4nccs4)CC3(CO)C2)c(=O)[nH]c1=O. The smallest absolute Gasteiger partial charge is 0.328 e. The number of rotatable bonds is 5. The van der Waals surface area contributed by atoms with Gasteiger partial charge in [-0.1, -0.05) is 0 Å². The Bertz CT molecular complexity index is 985. The normalized spacial score (nSPS) is 24.6. The first-order chi connectivity index (χ1) is 13.4. The second kappa shape index (κ2) is 7.26. The molecule has 150 valence electrons. The maximum Gasteiger partial charge on any atom is 0.328 e. The van der Waals surface area contributed by atoms with Crippen LogP contribution in [0.1, 0.15) is 10.6 Å². The number of H-pyrrole nitrogens is 1. The Kier molecular flexibility index (Phi) is 4.94. The summed E-state index contributed by atoms with van der Waals surface area (Å²) in [5, 5.41) is 13.1. The second-order valence-electron chi connectivity index (χ2n) is 7.79. The highest BCUT2D eigenvalue weighted by molar-refractivity contribution is 7.09. The number of aryl methyl sites for hydroxylation is 1. The summed E-state index contributed by atoms with van der Waals surface area (Å²) in [6.45, 7) is 4.81. The van der Waals surface area contributed by atoms with E-state index in [-0.39, 0.29) is 30.4 Å². The third-order valence-corrected chi connectivity index (χ3v) is 6.60. The molecule has 10 heteroatoms. The van der Waals surface area contributed by atoms with E-state index in [1.807, 2.05) is 5.38 Å². The van der Waals surface area contributed by atoms with Crippen LogP contribution in [0.2, 0.25) is 0 Å². The number of nitrogens with zero attached hydrogens (tertiary/aromatic N) is 4. The van der Waals surface area contributed by atoms with Crippen LogP contribution in [0, 0.1) is 18.3 Å². The average molecular weight is 405 g/mol. The minimum Gasteiger partial charge on any atom is -0.396 e. The van der Waals surface area contributed by atoms with Gasteiger partial charge in [-0.05, 0) is 12.8 Å². The third kappa shape index (κ3) is 3.43. The number of nitrogens with one attached hydrogen (secondary N) is 1. The maximum atomic E-state index is 12.8. The van der Waals surface area contributed by atoms with Gasteiger partial charge in [-0.2, -0.15) is 0 Å². The Morgan fingerprint density at radius 1 is 1.39 bits per heavy atom. The van der Waals surface area contributed by atoms with Crippen LogP contribution in [0.5, 0.6) is 0 Å². The molecule has 9 nitrogen and oxygen atoms in total. The number of hydrogen-bond acceptors (Lipinski definition) is 7. The highest BCUT2D eigenvalue weighted by Gasteiger charge is 2.53. The lowest BCUT2D eigenvalue weighted by atomic mass is 9.82. The predicted octanol–water partition coefficient (Wildman–Crippen LogP) is -0.746. The summed E-state index contributed by atoms with van der Waals surface area (Å²) in [4.78, 5) is 46.8. The van der Waals surface area contributed by atoms with Gasteiger partial charge in [0.25, 0.3) is 5.56 Å². The van der Waals surface area contributed by atoms with E-state index in [1.165, 1.54) is 10.8 Å². The van der Waals surface area contributed by atoms with Crippen molar-refractivity contribution in [2.45, 2.75) is 20.0 Å². The van der Waals surface area contributed by atoms with Crippen molar-refractivity contribution in [3.05, 3.63) is 49.2 Å². The number of aliphatic hydroxyl groups is 1. The van der Waals surface area contributed by atoms with Gasteiger partial charge in [0.1, 0.15) is 11.6 Å². The molecule has 2 aliphatic heterocycles. The van der Waals surface area contributed by atoms with E-state index in [0.717, 1.165) is 24.6 Å². The van der Waals surface area contributed by atoms with Gasteiger partial charge < -0.3 is 10.0 Å². The summed E-state index contributed by atoms with van der Waals surface area (Å²) in [5.74, 6) is 0.0118. The van der Waals surface area contributed by atoms with E-state index < -0.39 is 11.2 Å². The highest BCUT2D eigenvalue weighted by Crippen LogP contribution is 2.42. The topological polar surface area (TPSA) is 112 Å². The van der Waals surface area contributed by atoms with E-state index >= 15 is 0 Å². The number of aromatic amines is 1. The average Bonchev–Trinajstić information content (AvgIpc) is 3.34. The van der Waals surface area contributed by atoms with Crippen LogP contribution in [-0.2, 0) is 17.9 Å². The predicted molar refractivity (Wildman–Crippen MR) is 103 cm³/mol. The fourth-order valence-electron chi connectivity index (χ4n) is 4.33. The van der Waals surface area contributed by atoms with Crippen LogP contribution in [0.3, 0.4) is 0 Å². The number of carbonyl (C=O) groups is 1. The highest BCUT2D eigenvalue weighted by atomic mass is 32.1. The van der Waals surface area contributed by atoms with Crippen LogP contribution >= 0.6 is 11.3 Å². The minimum absolute atomic E-state index is 0.0214. The lowest BCUT2D eigenvalue weighted by molar-refractivity contribution is -0.131. The van der Waals surface area contributed by atoms with E-state index in [1.54, 1.807) is 29.4 Å². The van der Waals surface area contributed by atoms with Crippen LogP contribution < -0.4 is 11.2 Å². The molecule has 0 aromatic carbocycles. The molecule has 0 radical (unpaired) electrons. The number of likely N-dealkylation sites (tertiary alicyclic amines) is 2. The summed E-state index contributed by atoms with van der Waals surface area (Å²) < 4.78 is 1.23. The molecule has 2 fully saturated rings. The molecule has 2 aromatic rings. The number of amides is 1. The summed E-state index contributed by atoms with van der Waals surface area (Å²) in [6, 6.07) is 0. The van der Waals surface area contributed by atoms with Gasteiger partial charge in [-0.25, -0.2) is 9.78 Å². The quantitative estimate of drug-likeness (QED) is 0.677. The summed E-state index contributed by atoms with van der Waals surface area (Å²) in [7, 11) is 0. The van der Waals surface area contributed by atoms with Crippen molar-refractivity contribution in [3.8, 4) is 0 Å². The van der Waals surface area contributed by atoms with Crippen LogP contribution in [0.25, 0.3) is 0 Å². The number of carbonyl (C=O) groups excluding carboxylic acids is 1. The first-order valence-electron chi connectivity index (χ1n) is 9.20. The number of aromatic nitrogens is 3. The van der Waals surface area contributed by atoms with Gasteiger partial charge in [0.2, 0.25) is 5.91 Å². The third-order valence-electron chi connectivity index (χ3n) is 5.83. The van der Waals surface area contributed by atoms with Gasteiger partial charge >= 0.3 is 5.69 Å². The van der Waals surface area contributed by atoms with E-state index in [0.29, 0.717) is 18.7 Å². The monoisotopic (exact) mass is 405 g/mol. The van der Waals surface area contributed by atoms with Gasteiger partial charge in [0.15, 0.2) is 0 Å². The van der Waals surface area contributed by atoms with Crippen LogP contribution in [0.4, 0.5) is 0 Å². The molecular formula is C18H23N5O4S. The van der Waals surface area contributed by atoms with Crippen molar-refractivity contribution >= 4 is 17.2 Å². The lowest BCUT2D eigenvalue weighted by Gasteiger charge is -2.27. The van der Waals surface area contributed by atoms with E-state index in [9.17, 15) is 19.5 Å². The van der Waals surface area contributed by atoms with Crippen molar-refractivity contribution in [1.82, 2.24) is 24.3 Å². The van der Waals surface area contributed by atoms with Crippen LogP contribution in [0.15, 0.2) is 27.4 Å². The number of hydrogen-bond donors (Lipinski definition) is 2. The molecule has 2 unspecified atom stereocenters. The molecule has 0 spiro atoms. The zero-order valence-electron chi connectivity index (χ0n) is 15.6. The molecule has 0 saturated carbocycles. The van der Waals surface area contributed by atoms with Crippen molar-refractivity contribution in [1.29, 1.82) is 0 Å². The lowest BCUT2D eigenvalue weighted by Crippen LogP contribution is -2.41. The molecule has 2 N–H and O–H groups in total. The Morgan fingerprint density at radius 2 is 2.21 bits per heavy atom. The molecule has 2 atom stereocenters. The standard InChI is InChI=1S/C18H23N5O4S/c1-12-4-22(17(27)20-16(12)26)8-15(25)23-6-13-5-21(7-14-19-2-3-28-14)9-18(13,10-23)11-24/h2-4,13,24H,5-11H2,1H3,(H,20,26,27). The Labute approximate surface area is 165 Å². The fraction of sp³-hybridized carbons (Fsp3) is 0.556. The van der Waals surface area contributed by atoms with E-state index in [2.05, 4.69) is 14.9 Å². The number of aliphatic hydroxyl groups excluding tert-OH is 1. The molecule has 2 aromatic heterocycles. The van der Waals surface area contributed by atoms with Crippen molar-refractivity contribution in [3.63, 3.8) is 0 Å². The number of fused-ring (bicyclic) bond motifs is 1. The van der Waals surface area contributed by atoms with Gasteiger partial charge in [-0.15, -0.1) is 11.3 Å². The zero-order chi connectivity index (χ0) is 19.9. The maximum absolute atomic E-state index is 12.8. The Morgan fingerprint density at radius 3 is 2.89 bits per heavy atom. The van der Waals surface area contributed by atoms with E-state index in [4.69, 9.17) is 0 Å². The Hall–Kier alpha value is -2.30. The first-order valence-corrected chi connectivity index (χ1v) is 10.1. The Balaban J connectivity index is 1.43. The molecule has 28 heavy (non-hydrogen) atoms. The largest absolute Gasteiger partial charge is 0.396 e. The summed E-state index contributed by atoms with van der Waals surface area (Å²) >= 11 is 1.62. The molecule has 2 aliphatic rings. The van der Waals surface area contributed by atoms with Crippen LogP contribution in [-0.4, -0.2) is 68.1 Å².